The summed E-state index contributed by atoms with van der Waals surface area (Å²) in [7, 11) is 1.63. The first-order valence-electron chi connectivity index (χ1n) is 12.4. The number of carboxylic acids is 1. The SMILES string of the molecule is COc1ccc2nccc([C@@H](CC[C@@H]3CCN(CCSc4ccccn4)C[C@@H]3CC(=O)O)NO)c2c1. The molecule has 192 valence electrons. The molecule has 3 atom stereocenters. The number of pyridine rings is 2. The maximum atomic E-state index is 11.6. The lowest BCUT2D eigenvalue weighted by Crippen LogP contribution is -2.42. The van der Waals surface area contributed by atoms with Crippen LogP contribution in [0.5, 0.6) is 5.75 Å². The average molecular weight is 511 g/mol. The van der Waals surface area contributed by atoms with Gasteiger partial charge in [0.1, 0.15) is 5.75 Å². The van der Waals surface area contributed by atoms with Crippen LogP contribution in [0, 0.1) is 11.8 Å². The largest absolute Gasteiger partial charge is 0.497 e. The summed E-state index contributed by atoms with van der Waals surface area (Å²) in [4.78, 5) is 22.8. The Labute approximate surface area is 216 Å². The molecule has 0 spiro atoms. The molecule has 3 N–H and O–H groups in total. The predicted octanol–water partition coefficient (Wildman–Crippen LogP) is 4.64. The van der Waals surface area contributed by atoms with Crippen LogP contribution >= 0.6 is 11.8 Å². The van der Waals surface area contributed by atoms with Crippen molar-refractivity contribution in [1.82, 2.24) is 20.3 Å². The van der Waals surface area contributed by atoms with Crippen molar-refractivity contribution in [3.63, 3.8) is 0 Å². The fraction of sp³-hybridized carbons (Fsp3) is 0.444. The minimum Gasteiger partial charge on any atom is -0.497 e. The van der Waals surface area contributed by atoms with Gasteiger partial charge in [-0.3, -0.25) is 9.78 Å². The quantitative estimate of drug-likeness (QED) is 0.237. The molecule has 0 aliphatic carbocycles. The van der Waals surface area contributed by atoms with Crippen LogP contribution in [-0.2, 0) is 4.79 Å². The molecule has 1 aromatic carbocycles. The van der Waals surface area contributed by atoms with Gasteiger partial charge in [0.15, 0.2) is 0 Å². The highest BCUT2D eigenvalue weighted by atomic mass is 32.2. The number of nitrogens with zero attached hydrogens (tertiary/aromatic N) is 3. The van der Waals surface area contributed by atoms with E-state index in [0.717, 1.165) is 65.5 Å². The van der Waals surface area contributed by atoms with Crippen molar-refractivity contribution >= 4 is 28.6 Å². The number of nitrogens with one attached hydrogen (secondary N) is 1. The van der Waals surface area contributed by atoms with E-state index in [9.17, 15) is 15.1 Å². The van der Waals surface area contributed by atoms with Crippen molar-refractivity contribution in [2.75, 3.05) is 32.5 Å². The van der Waals surface area contributed by atoms with Crippen LogP contribution in [0.15, 0.2) is 59.9 Å². The highest BCUT2D eigenvalue weighted by molar-refractivity contribution is 7.99. The molecule has 0 saturated carbocycles. The normalized spacial score (nSPS) is 19.3. The van der Waals surface area contributed by atoms with E-state index in [1.165, 1.54) is 0 Å². The maximum absolute atomic E-state index is 11.6. The van der Waals surface area contributed by atoms with E-state index in [2.05, 4.69) is 20.3 Å². The van der Waals surface area contributed by atoms with Crippen LogP contribution in [0.3, 0.4) is 0 Å². The summed E-state index contributed by atoms with van der Waals surface area (Å²) in [5, 5.41) is 21.5. The number of benzene rings is 1. The third-order valence-corrected chi connectivity index (χ3v) is 7.97. The van der Waals surface area contributed by atoms with E-state index in [0.29, 0.717) is 12.3 Å². The van der Waals surface area contributed by atoms with Crippen molar-refractivity contribution in [3.05, 3.63) is 60.4 Å². The summed E-state index contributed by atoms with van der Waals surface area (Å²) >= 11 is 1.73. The van der Waals surface area contributed by atoms with Gasteiger partial charge in [0.25, 0.3) is 0 Å². The Morgan fingerprint density at radius 2 is 2.11 bits per heavy atom. The molecule has 1 fully saturated rings. The Hall–Kier alpha value is -2.72. The molecule has 0 amide bonds. The van der Waals surface area contributed by atoms with E-state index in [1.54, 1.807) is 31.3 Å². The van der Waals surface area contributed by atoms with Crippen LogP contribution in [0.25, 0.3) is 10.9 Å². The minimum atomic E-state index is -0.751. The van der Waals surface area contributed by atoms with Crippen molar-refractivity contribution in [3.8, 4) is 5.75 Å². The van der Waals surface area contributed by atoms with Crippen molar-refractivity contribution in [2.45, 2.75) is 36.8 Å². The molecule has 0 bridgehead atoms. The second-order valence-corrected chi connectivity index (χ2v) is 10.4. The molecular formula is C27H34N4O4S. The predicted molar refractivity (Wildman–Crippen MR) is 140 cm³/mol. The zero-order valence-electron chi connectivity index (χ0n) is 20.5. The zero-order chi connectivity index (χ0) is 25.3. The molecule has 1 aliphatic rings. The third-order valence-electron chi connectivity index (χ3n) is 7.05. The van der Waals surface area contributed by atoms with Crippen molar-refractivity contribution in [2.24, 2.45) is 11.8 Å². The number of hydroxylamine groups is 1. The number of likely N-dealkylation sites (tertiary alicyclic amines) is 1. The molecule has 0 unspecified atom stereocenters. The Balaban J connectivity index is 1.38. The molecule has 1 saturated heterocycles. The first kappa shape index (κ1) is 26.3. The average Bonchev–Trinajstić information content (AvgIpc) is 2.90. The molecule has 3 aromatic rings. The second kappa shape index (κ2) is 13.0. The van der Waals surface area contributed by atoms with Crippen LogP contribution < -0.4 is 10.2 Å². The van der Waals surface area contributed by atoms with Gasteiger partial charge in [-0.05, 0) is 79.6 Å². The van der Waals surface area contributed by atoms with Crippen LogP contribution in [-0.4, -0.2) is 63.6 Å². The third kappa shape index (κ3) is 6.94. The monoisotopic (exact) mass is 510 g/mol. The van der Waals surface area contributed by atoms with Gasteiger partial charge in [-0.2, -0.15) is 5.48 Å². The van der Waals surface area contributed by atoms with E-state index in [4.69, 9.17) is 4.74 Å². The maximum Gasteiger partial charge on any atom is 0.303 e. The number of hydrogen-bond donors (Lipinski definition) is 3. The Kier molecular flexibility index (Phi) is 9.52. The van der Waals surface area contributed by atoms with Gasteiger partial charge in [-0.1, -0.05) is 6.07 Å². The molecule has 3 heterocycles. The number of methoxy groups -OCH3 is 1. The zero-order valence-corrected chi connectivity index (χ0v) is 21.4. The van der Waals surface area contributed by atoms with Gasteiger partial charge in [0.05, 0.1) is 23.7 Å². The molecule has 1 aliphatic heterocycles. The summed E-state index contributed by atoms with van der Waals surface area (Å²) in [5.41, 5.74) is 4.29. The number of hydrogen-bond acceptors (Lipinski definition) is 8. The van der Waals surface area contributed by atoms with Gasteiger partial charge in [-0.15, -0.1) is 11.8 Å². The van der Waals surface area contributed by atoms with Gasteiger partial charge in [0, 0.05) is 43.0 Å². The Morgan fingerprint density at radius 3 is 2.86 bits per heavy atom. The fourth-order valence-electron chi connectivity index (χ4n) is 5.15. The Morgan fingerprint density at radius 1 is 1.22 bits per heavy atom. The minimum absolute atomic E-state index is 0.0877. The fourth-order valence-corrected chi connectivity index (χ4v) is 6.02. The second-order valence-electron chi connectivity index (χ2n) is 9.27. The van der Waals surface area contributed by atoms with Gasteiger partial charge >= 0.3 is 5.97 Å². The summed E-state index contributed by atoms with van der Waals surface area (Å²) in [6, 6.07) is 13.3. The van der Waals surface area contributed by atoms with Crippen molar-refractivity contribution < 1.29 is 19.8 Å². The Bertz CT molecular complexity index is 1130. The van der Waals surface area contributed by atoms with Crippen LogP contribution in [0.1, 0.15) is 37.3 Å². The number of fused-ring (bicyclic) bond motifs is 1. The number of carbonyl (C=O) groups is 1. The molecule has 0 radical (unpaired) electrons. The summed E-state index contributed by atoms with van der Waals surface area (Å²) in [5.74, 6) is 1.29. The number of thioether (sulfide) groups is 1. The first-order valence-corrected chi connectivity index (χ1v) is 13.4. The number of ether oxygens (including phenoxy) is 1. The van der Waals surface area contributed by atoms with Gasteiger partial charge < -0.3 is 20.0 Å². The summed E-state index contributed by atoms with van der Waals surface area (Å²) < 4.78 is 5.38. The van der Waals surface area contributed by atoms with E-state index in [-0.39, 0.29) is 18.4 Å². The van der Waals surface area contributed by atoms with Gasteiger partial charge in [0.2, 0.25) is 0 Å². The molecule has 9 heteroatoms. The van der Waals surface area contributed by atoms with Gasteiger partial charge in [-0.25, -0.2) is 4.98 Å². The highest BCUT2D eigenvalue weighted by Crippen LogP contribution is 2.35. The molecular weight excluding hydrogens is 476 g/mol. The lowest BCUT2D eigenvalue weighted by molar-refractivity contribution is -0.139. The first-order chi connectivity index (χ1) is 17.6. The van der Waals surface area contributed by atoms with Crippen LogP contribution in [0.2, 0.25) is 0 Å². The number of aliphatic carboxylic acids is 1. The molecule has 2 aromatic heterocycles. The lowest BCUT2D eigenvalue weighted by atomic mass is 9.79. The number of rotatable bonds is 12. The number of aromatic nitrogens is 2. The molecule has 4 rings (SSSR count). The number of carboxylic acid groups (broad SMARTS) is 1. The molecule has 36 heavy (non-hydrogen) atoms. The summed E-state index contributed by atoms with van der Waals surface area (Å²) in [6.07, 6.45) is 6.21. The number of piperidine rings is 1. The summed E-state index contributed by atoms with van der Waals surface area (Å²) in [6.45, 7) is 2.65. The van der Waals surface area contributed by atoms with Crippen LogP contribution in [0.4, 0.5) is 0 Å². The van der Waals surface area contributed by atoms with E-state index in [1.807, 2.05) is 42.5 Å². The van der Waals surface area contributed by atoms with E-state index >= 15 is 0 Å². The highest BCUT2D eigenvalue weighted by Gasteiger charge is 2.31. The topological polar surface area (TPSA) is 108 Å². The molecule has 8 nitrogen and oxygen atoms in total. The smallest absolute Gasteiger partial charge is 0.303 e. The lowest BCUT2D eigenvalue weighted by Gasteiger charge is -2.38. The standard InChI is InChI=1S/C27H34N4O4S/c1-35-21-6-8-24-23(17-21)22(9-12-28-24)25(30-34)7-5-19-10-13-31(18-20(19)16-27(32)33)14-15-36-26-4-2-3-11-29-26/h2-4,6,8-9,11-12,17,19-20,25,30,34H,5,7,10,13-16,18H2,1H3,(H,32,33)/t19-,20+,25-/m1/s1. The van der Waals surface area contributed by atoms with E-state index < -0.39 is 5.97 Å². The van der Waals surface area contributed by atoms with Crippen molar-refractivity contribution in [1.29, 1.82) is 0 Å².